The van der Waals surface area contributed by atoms with Gasteiger partial charge in [0.2, 0.25) is 0 Å². The van der Waals surface area contributed by atoms with Crippen LogP contribution < -0.4 is 14.8 Å². The number of aliphatic hydroxyl groups is 1. The number of urea groups is 1. The summed E-state index contributed by atoms with van der Waals surface area (Å²) < 4.78 is 11.3. The van der Waals surface area contributed by atoms with Gasteiger partial charge in [-0.15, -0.1) is 0 Å². The minimum atomic E-state index is -0.752. The Hall–Kier alpha value is -2.48. The van der Waals surface area contributed by atoms with Gasteiger partial charge in [0.25, 0.3) is 0 Å². The van der Waals surface area contributed by atoms with E-state index in [2.05, 4.69) is 12.2 Å². The molecule has 0 aromatic heterocycles. The van der Waals surface area contributed by atoms with Gasteiger partial charge in [0.1, 0.15) is 18.1 Å². The summed E-state index contributed by atoms with van der Waals surface area (Å²) in [7, 11) is 0. The van der Waals surface area contributed by atoms with Crippen LogP contribution in [0.1, 0.15) is 64.7 Å². The second kappa shape index (κ2) is 14.6. The molecule has 1 aromatic carbocycles. The van der Waals surface area contributed by atoms with Gasteiger partial charge in [-0.25, -0.2) is 4.79 Å². The van der Waals surface area contributed by atoms with Crippen LogP contribution in [-0.2, 0) is 4.79 Å². The molecule has 8 heteroatoms. The lowest BCUT2D eigenvalue weighted by Crippen LogP contribution is -2.37. The van der Waals surface area contributed by atoms with Crippen molar-refractivity contribution in [1.82, 2.24) is 10.2 Å². The van der Waals surface area contributed by atoms with Crippen molar-refractivity contribution in [3.63, 3.8) is 0 Å². The van der Waals surface area contributed by atoms with Crippen LogP contribution in [0, 0.1) is 0 Å². The summed E-state index contributed by atoms with van der Waals surface area (Å²) in [5.41, 5.74) is 0. The first-order chi connectivity index (χ1) is 15.5. The monoisotopic (exact) mass is 450 g/mol. The number of carbonyl (C=O) groups excluding carboxylic acids is 1. The predicted octanol–water partition coefficient (Wildman–Crippen LogP) is 3.81. The van der Waals surface area contributed by atoms with Crippen molar-refractivity contribution in [2.45, 2.75) is 76.9 Å². The molecule has 2 unspecified atom stereocenters. The largest absolute Gasteiger partial charge is 0.494 e. The minimum absolute atomic E-state index is 0.0901. The third kappa shape index (κ3) is 9.77. The van der Waals surface area contributed by atoms with Gasteiger partial charge in [0.15, 0.2) is 0 Å². The van der Waals surface area contributed by atoms with Crippen LogP contribution in [-0.4, -0.2) is 65.6 Å². The van der Waals surface area contributed by atoms with Gasteiger partial charge in [-0.05, 0) is 49.9 Å². The maximum Gasteiger partial charge on any atom is 0.317 e. The van der Waals surface area contributed by atoms with Crippen LogP contribution in [0.25, 0.3) is 0 Å². The van der Waals surface area contributed by atoms with Gasteiger partial charge in [0.05, 0.1) is 18.8 Å². The van der Waals surface area contributed by atoms with E-state index >= 15 is 0 Å². The number of carboxylic acid groups (broad SMARTS) is 1. The summed E-state index contributed by atoms with van der Waals surface area (Å²) in [5.74, 6) is 0.726. The zero-order chi connectivity index (χ0) is 23.2. The fourth-order valence-electron chi connectivity index (χ4n) is 3.66. The Bertz CT molecular complexity index is 682. The maximum atomic E-state index is 12.1. The van der Waals surface area contributed by atoms with Crippen LogP contribution in [0.15, 0.2) is 24.3 Å². The second-order valence-corrected chi connectivity index (χ2v) is 8.31. The van der Waals surface area contributed by atoms with E-state index in [-0.39, 0.29) is 25.1 Å². The van der Waals surface area contributed by atoms with Gasteiger partial charge < -0.3 is 29.9 Å². The van der Waals surface area contributed by atoms with E-state index in [0.29, 0.717) is 38.3 Å². The lowest BCUT2D eigenvalue weighted by Gasteiger charge is -2.24. The van der Waals surface area contributed by atoms with Crippen LogP contribution in [0.3, 0.4) is 0 Å². The Balaban J connectivity index is 1.64. The van der Waals surface area contributed by atoms with Crippen molar-refractivity contribution in [3.8, 4) is 11.5 Å². The van der Waals surface area contributed by atoms with Crippen molar-refractivity contribution >= 4 is 12.0 Å². The van der Waals surface area contributed by atoms with Crippen molar-refractivity contribution < 1.29 is 29.3 Å². The fraction of sp³-hybridized carbons (Fsp3) is 0.667. The van der Waals surface area contributed by atoms with Crippen molar-refractivity contribution in [3.05, 3.63) is 24.3 Å². The molecule has 0 bridgehead atoms. The number of carbonyl (C=O) groups is 2. The highest BCUT2D eigenvalue weighted by molar-refractivity contribution is 5.76. The molecule has 2 atom stereocenters. The molecule has 1 aliphatic rings. The number of carboxylic acids is 1. The quantitative estimate of drug-likeness (QED) is 0.312. The number of nitrogens with zero attached hydrogens (tertiary/aromatic N) is 1. The molecule has 1 heterocycles. The molecule has 2 rings (SSSR count). The number of ether oxygens (including phenoxy) is 2. The number of unbranched alkanes of at least 4 members (excludes halogenated alkanes) is 4. The number of aliphatic carboxylic acids is 1. The van der Waals surface area contributed by atoms with E-state index in [0.717, 1.165) is 44.3 Å². The van der Waals surface area contributed by atoms with Crippen molar-refractivity contribution in [2.24, 2.45) is 0 Å². The molecule has 1 fully saturated rings. The normalized spacial score (nSPS) is 16.6. The first-order valence-corrected chi connectivity index (χ1v) is 11.8. The zero-order valence-corrected chi connectivity index (χ0v) is 19.1. The topological polar surface area (TPSA) is 108 Å². The molecule has 32 heavy (non-hydrogen) atoms. The standard InChI is InChI=1S/C24H38N2O6/c1-2-3-16-31-21-10-12-22(13-11-21)32-18-20(27)14-15-26-19(17-25-24(26)30)8-6-4-5-7-9-23(28)29/h10-13,19-20,27H,2-9,14-18H2,1H3,(H,25,30)(H,28,29). The number of aliphatic hydroxyl groups excluding tert-OH is 1. The number of amides is 2. The molecule has 3 N–H and O–H groups in total. The lowest BCUT2D eigenvalue weighted by atomic mass is 10.1. The van der Waals surface area contributed by atoms with Gasteiger partial charge in [-0.3, -0.25) is 4.79 Å². The minimum Gasteiger partial charge on any atom is -0.494 e. The number of rotatable bonds is 17. The molecule has 0 saturated carbocycles. The molecule has 0 spiro atoms. The Morgan fingerprint density at radius 2 is 1.81 bits per heavy atom. The lowest BCUT2D eigenvalue weighted by molar-refractivity contribution is -0.137. The summed E-state index contributed by atoms with van der Waals surface area (Å²) in [4.78, 5) is 24.5. The Labute approximate surface area is 190 Å². The van der Waals surface area contributed by atoms with Crippen LogP contribution in [0.4, 0.5) is 4.79 Å². The molecule has 1 aromatic rings. The first kappa shape index (κ1) is 25.8. The van der Waals surface area contributed by atoms with Gasteiger partial charge in [-0.2, -0.15) is 0 Å². The summed E-state index contributed by atoms with van der Waals surface area (Å²) in [6.07, 6.45) is 6.49. The smallest absolute Gasteiger partial charge is 0.317 e. The van der Waals surface area contributed by atoms with E-state index in [9.17, 15) is 14.7 Å². The van der Waals surface area contributed by atoms with Crippen molar-refractivity contribution in [2.75, 3.05) is 26.3 Å². The van der Waals surface area contributed by atoms with E-state index in [1.54, 1.807) is 4.90 Å². The highest BCUT2D eigenvalue weighted by Gasteiger charge is 2.30. The highest BCUT2D eigenvalue weighted by atomic mass is 16.5. The number of nitrogens with one attached hydrogen (secondary N) is 1. The average Bonchev–Trinajstić information content (AvgIpc) is 3.13. The highest BCUT2D eigenvalue weighted by Crippen LogP contribution is 2.19. The number of hydrogen-bond donors (Lipinski definition) is 3. The molecule has 2 amide bonds. The first-order valence-electron chi connectivity index (χ1n) is 11.8. The summed E-state index contributed by atoms with van der Waals surface area (Å²) in [6, 6.07) is 7.40. The molecular formula is C24H38N2O6. The van der Waals surface area contributed by atoms with Crippen LogP contribution >= 0.6 is 0 Å². The fourth-order valence-corrected chi connectivity index (χ4v) is 3.66. The average molecular weight is 451 g/mol. The molecule has 0 radical (unpaired) electrons. The second-order valence-electron chi connectivity index (χ2n) is 8.31. The Kier molecular flexibility index (Phi) is 11.7. The molecule has 8 nitrogen and oxygen atoms in total. The van der Waals surface area contributed by atoms with E-state index in [1.165, 1.54) is 0 Å². The van der Waals surface area contributed by atoms with Crippen molar-refractivity contribution in [1.29, 1.82) is 0 Å². The van der Waals surface area contributed by atoms with Gasteiger partial charge in [0, 0.05) is 19.5 Å². The van der Waals surface area contributed by atoms with Crippen LogP contribution in [0.2, 0.25) is 0 Å². The SMILES string of the molecule is CCCCOc1ccc(OCC(O)CCN2C(=O)NCC2CCCCCCC(=O)O)cc1. The zero-order valence-electron chi connectivity index (χ0n) is 19.1. The molecular weight excluding hydrogens is 412 g/mol. The molecule has 1 saturated heterocycles. The van der Waals surface area contributed by atoms with Gasteiger partial charge >= 0.3 is 12.0 Å². The third-order valence-corrected chi connectivity index (χ3v) is 5.60. The number of benzene rings is 1. The number of hydrogen-bond acceptors (Lipinski definition) is 5. The maximum absolute atomic E-state index is 12.1. The van der Waals surface area contributed by atoms with E-state index in [1.807, 2.05) is 24.3 Å². The van der Waals surface area contributed by atoms with E-state index < -0.39 is 12.1 Å². The van der Waals surface area contributed by atoms with E-state index in [4.69, 9.17) is 14.6 Å². The molecule has 0 aliphatic carbocycles. The summed E-state index contributed by atoms with van der Waals surface area (Å²) in [6.45, 7) is 4.08. The Morgan fingerprint density at radius 1 is 1.12 bits per heavy atom. The van der Waals surface area contributed by atoms with Crippen LogP contribution in [0.5, 0.6) is 11.5 Å². The predicted molar refractivity (Wildman–Crippen MR) is 122 cm³/mol. The third-order valence-electron chi connectivity index (χ3n) is 5.60. The summed E-state index contributed by atoms with van der Waals surface area (Å²) in [5, 5.41) is 21.9. The molecule has 1 aliphatic heterocycles. The van der Waals surface area contributed by atoms with Gasteiger partial charge in [-0.1, -0.05) is 32.6 Å². The molecule has 180 valence electrons. The Morgan fingerprint density at radius 3 is 2.50 bits per heavy atom. The summed E-state index contributed by atoms with van der Waals surface area (Å²) >= 11 is 0.